The Bertz CT molecular complexity index is 2260. The molecule has 0 aromatic carbocycles. The molecule has 0 saturated carbocycles. The van der Waals surface area contributed by atoms with Crippen LogP contribution in [0.2, 0.25) is 0 Å². The van der Waals surface area contributed by atoms with Gasteiger partial charge >= 0.3 is 0 Å². The maximum atomic E-state index is 4.62. The predicted molar refractivity (Wildman–Crippen MR) is 253 cm³/mol. The Morgan fingerprint density at radius 1 is 0.619 bits per heavy atom. The van der Waals surface area contributed by atoms with E-state index in [9.17, 15) is 0 Å². The average molecular weight is 864 g/mol. The third kappa shape index (κ3) is 12.5. The molecule has 4 aliphatic heterocycles. The van der Waals surface area contributed by atoms with Gasteiger partial charge in [-0.3, -0.25) is 14.3 Å². The van der Waals surface area contributed by atoms with Crippen LogP contribution in [-0.2, 0) is 68.6 Å². The second kappa shape index (κ2) is 20.4. The summed E-state index contributed by atoms with van der Waals surface area (Å²) < 4.78 is 10.8. The Hall–Kier alpha value is -4.70. The van der Waals surface area contributed by atoms with Crippen molar-refractivity contribution in [1.82, 2.24) is 74.3 Å². The Labute approximate surface area is 376 Å². The molecule has 0 fully saturated rings. The molecule has 0 bridgehead atoms. The zero-order valence-corrected chi connectivity index (χ0v) is 40.7. The number of rotatable bonds is 2. The molecule has 6 aromatic heterocycles. The molecule has 15 nitrogen and oxygen atoms in total. The van der Waals surface area contributed by atoms with Gasteiger partial charge < -0.3 is 34.8 Å². The second-order valence-corrected chi connectivity index (χ2v) is 20.7. The molecule has 4 aliphatic rings. The van der Waals surface area contributed by atoms with Crippen molar-refractivity contribution >= 4 is 5.65 Å². The van der Waals surface area contributed by atoms with Crippen molar-refractivity contribution in [3.05, 3.63) is 101 Å². The molecule has 4 N–H and O–H groups in total. The summed E-state index contributed by atoms with van der Waals surface area (Å²) >= 11 is 0. The summed E-state index contributed by atoms with van der Waals surface area (Å²) in [6.45, 7) is 40.7. The molecule has 344 valence electrons. The highest BCUT2D eigenvalue weighted by Gasteiger charge is 2.24. The van der Waals surface area contributed by atoms with Crippen molar-refractivity contribution in [1.29, 1.82) is 0 Å². The first-order chi connectivity index (χ1) is 29.8. The SMILES string of the molecule is CC(C)(C)c1cn2c(n1)CNCC2.CC(C)(C)c1cn2ccncc2n1.CC(C)(C)c1cnn2c1CNCC2.CC(C)c1cc2n(n1)CCNC2.CC(C)c1cnc2n1CCNC2. The van der Waals surface area contributed by atoms with Crippen LogP contribution < -0.4 is 21.3 Å². The lowest BCUT2D eigenvalue weighted by Crippen LogP contribution is -2.30. The number of aromatic nitrogens is 11. The number of hydrogen-bond acceptors (Lipinski definition) is 10. The van der Waals surface area contributed by atoms with Crippen LogP contribution in [0.3, 0.4) is 0 Å². The molecule has 0 atom stereocenters. The summed E-state index contributed by atoms with van der Waals surface area (Å²) in [5.41, 5.74) is 10.3. The maximum absolute atomic E-state index is 4.62. The van der Waals surface area contributed by atoms with Crippen LogP contribution in [0, 0.1) is 0 Å². The Morgan fingerprint density at radius 2 is 1.25 bits per heavy atom. The van der Waals surface area contributed by atoms with Crippen LogP contribution >= 0.6 is 0 Å². The van der Waals surface area contributed by atoms with E-state index in [2.05, 4.69) is 178 Å². The summed E-state index contributed by atoms with van der Waals surface area (Å²) in [5.74, 6) is 3.49. The lowest BCUT2D eigenvalue weighted by atomic mass is 9.87. The van der Waals surface area contributed by atoms with E-state index in [1.807, 2.05) is 23.0 Å². The van der Waals surface area contributed by atoms with Crippen molar-refractivity contribution in [2.45, 2.75) is 170 Å². The second-order valence-electron chi connectivity index (χ2n) is 20.7. The third-order valence-electron chi connectivity index (χ3n) is 11.7. The minimum Gasteiger partial charge on any atom is -0.332 e. The van der Waals surface area contributed by atoms with Crippen LogP contribution in [-0.4, -0.2) is 79.2 Å². The summed E-state index contributed by atoms with van der Waals surface area (Å²) in [4.78, 5) is 17.5. The fraction of sp³-hybridized carbons (Fsp3) is 0.625. The lowest BCUT2D eigenvalue weighted by Gasteiger charge is -2.22. The smallest absolute Gasteiger partial charge is 0.155 e. The highest BCUT2D eigenvalue weighted by atomic mass is 15.3. The number of hydrogen-bond donors (Lipinski definition) is 4. The topological polar surface area (TPSA) is 150 Å². The van der Waals surface area contributed by atoms with Crippen LogP contribution in [0.4, 0.5) is 0 Å². The van der Waals surface area contributed by atoms with Gasteiger partial charge in [0.05, 0.1) is 67.0 Å². The molecule has 0 amide bonds. The fourth-order valence-electron chi connectivity index (χ4n) is 7.74. The van der Waals surface area contributed by atoms with Gasteiger partial charge in [-0.1, -0.05) is 90.0 Å². The van der Waals surface area contributed by atoms with Gasteiger partial charge in [0.2, 0.25) is 0 Å². The van der Waals surface area contributed by atoms with E-state index in [0.717, 1.165) is 89.9 Å². The first-order valence-electron chi connectivity index (χ1n) is 23.1. The van der Waals surface area contributed by atoms with Gasteiger partial charge in [0, 0.05) is 99.9 Å². The van der Waals surface area contributed by atoms with Crippen LogP contribution in [0.5, 0.6) is 0 Å². The summed E-state index contributed by atoms with van der Waals surface area (Å²) in [7, 11) is 0. The van der Waals surface area contributed by atoms with Crippen molar-refractivity contribution < 1.29 is 0 Å². The van der Waals surface area contributed by atoms with Crippen LogP contribution in [0.15, 0.2) is 49.4 Å². The molecule has 15 heteroatoms. The number of imidazole rings is 3. The molecular weight excluding hydrogens is 787 g/mol. The molecular formula is C48H77N15. The van der Waals surface area contributed by atoms with Crippen molar-refractivity contribution in [2.75, 3.05) is 26.2 Å². The summed E-state index contributed by atoms with van der Waals surface area (Å²) in [5, 5.41) is 22.3. The first kappa shape index (κ1) is 47.8. The first-order valence-corrected chi connectivity index (χ1v) is 23.1. The highest BCUT2D eigenvalue weighted by molar-refractivity contribution is 5.38. The molecule has 0 unspecified atom stereocenters. The standard InChI is InChI=1S/C10H17N3.C10H13N3.C10H17N3.2C9H15N3/c2*1-10(2,3)8-7-13-5-4-11-6-9(13)12-8;1-10(2,3)8-6-12-13-5-4-11-7-9(8)13;1-7(2)8-5-11-9-6-10-3-4-12(8)9;1-7(2)9-5-8-6-10-3-4-12(8)11-9/h7,11H,4-6H2,1-3H3;4-7H,1-3H3;6,11H,4-5,7H2,1-3H3;2*5,7,10H,3-4,6H2,1-2H3. The molecule has 63 heavy (non-hydrogen) atoms. The number of nitrogens with zero attached hydrogens (tertiary/aromatic N) is 11. The molecule has 10 rings (SSSR count). The van der Waals surface area contributed by atoms with E-state index in [0.29, 0.717) is 11.8 Å². The molecule has 6 aromatic rings. The normalized spacial score (nSPS) is 15.9. The largest absolute Gasteiger partial charge is 0.332 e. The van der Waals surface area contributed by atoms with Gasteiger partial charge in [0.25, 0.3) is 0 Å². The zero-order valence-electron chi connectivity index (χ0n) is 40.7. The van der Waals surface area contributed by atoms with E-state index in [1.165, 1.54) is 45.7 Å². The lowest BCUT2D eigenvalue weighted by molar-refractivity contribution is 0.464. The van der Waals surface area contributed by atoms with Gasteiger partial charge in [0.15, 0.2) is 5.65 Å². The van der Waals surface area contributed by atoms with Gasteiger partial charge in [0.1, 0.15) is 11.6 Å². The van der Waals surface area contributed by atoms with Gasteiger partial charge in [-0.2, -0.15) is 10.2 Å². The van der Waals surface area contributed by atoms with Gasteiger partial charge in [-0.15, -0.1) is 0 Å². The maximum Gasteiger partial charge on any atom is 0.155 e. The molecule has 0 saturated heterocycles. The van der Waals surface area contributed by atoms with E-state index < -0.39 is 0 Å². The van der Waals surface area contributed by atoms with E-state index >= 15 is 0 Å². The zero-order chi connectivity index (χ0) is 45.5. The highest BCUT2D eigenvalue weighted by Crippen LogP contribution is 2.27. The molecule has 10 heterocycles. The Morgan fingerprint density at radius 3 is 1.89 bits per heavy atom. The van der Waals surface area contributed by atoms with Crippen molar-refractivity contribution in [3.8, 4) is 0 Å². The van der Waals surface area contributed by atoms with Crippen LogP contribution in [0.25, 0.3) is 5.65 Å². The van der Waals surface area contributed by atoms with Gasteiger partial charge in [-0.25, -0.2) is 15.0 Å². The minimum absolute atomic E-state index is 0.103. The minimum atomic E-state index is 0.103. The Balaban J connectivity index is 0.000000131. The molecule has 0 radical (unpaired) electrons. The number of fused-ring (bicyclic) bond motifs is 5. The fourth-order valence-corrected chi connectivity index (χ4v) is 7.74. The van der Waals surface area contributed by atoms with Gasteiger partial charge in [-0.05, 0) is 28.9 Å². The predicted octanol–water partition coefficient (Wildman–Crippen LogP) is 6.81. The van der Waals surface area contributed by atoms with E-state index in [4.69, 9.17) is 0 Å². The quantitative estimate of drug-likeness (QED) is 0.146. The van der Waals surface area contributed by atoms with E-state index in [-0.39, 0.29) is 16.2 Å². The Kier molecular flexibility index (Phi) is 15.5. The summed E-state index contributed by atoms with van der Waals surface area (Å²) in [6.07, 6.45) is 13.7. The number of nitrogens with one attached hydrogen (secondary N) is 4. The summed E-state index contributed by atoms with van der Waals surface area (Å²) in [6, 6.07) is 2.21. The molecule has 0 spiro atoms. The average Bonchev–Trinajstić information content (AvgIpc) is 4.08. The van der Waals surface area contributed by atoms with Crippen LogP contribution in [0.1, 0.15) is 153 Å². The monoisotopic (exact) mass is 864 g/mol. The molecule has 0 aliphatic carbocycles. The van der Waals surface area contributed by atoms with E-state index in [1.54, 1.807) is 12.4 Å². The van der Waals surface area contributed by atoms with Crippen molar-refractivity contribution in [3.63, 3.8) is 0 Å². The van der Waals surface area contributed by atoms with Crippen molar-refractivity contribution in [2.24, 2.45) is 0 Å². The third-order valence-corrected chi connectivity index (χ3v) is 11.7.